The van der Waals surface area contributed by atoms with E-state index in [0.29, 0.717) is 23.1 Å². The van der Waals surface area contributed by atoms with Gasteiger partial charge in [0, 0.05) is 11.5 Å². The molecule has 3 aromatic rings. The summed E-state index contributed by atoms with van der Waals surface area (Å²) in [6.45, 7) is 5.79. The topological polar surface area (TPSA) is 82.5 Å². The fourth-order valence-electron chi connectivity index (χ4n) is 1.88. The van der Waals surface area contributed by atoms with Crippen LogP contribution in [0.2, 0.25) is 0 Å². The molecule has 0 saturated heterocycles. The van der Waals surface area contributed by atoms with Crippen molar-refractivity contribution in [3.8, 4) is 11.4 Å². The van der Waals surface area contributed by atoms with Crippen LogP contribution in [0.15, 0.2) is 28.8 Å². The first-order valence-corrected chi connectivity index (χ1v) is 6.93. The number of rotatable bonds is 4. The lowest BCUT2D eigenvalue weighted by Gasteiger charge is -2.03. The molecule has 1 unspecified atom stereocenters. The van der Waals surface area contributed by atoms with E-state index >= 15 is 0 Å². The summed E-state index contributed by atoms with van der Waals surface area (Å²) in [7, 11) is 0. The highest BCUT2D eigenvalue weighted by Crippen LogP contribution is 2.19. The fraction of sp³-hybridized carbons (Fsp3) is 0.357. The van der Waals surface area contributed by atoms with Gasteiger partial charge in [-0.05, 0) is 24.3 Å². The van der Waals surface area contributed by atoms with E-state index in [9.17, 15) is 4.39 Å². The molecule has 2 aromatic heterocycles. The number of nitrogens with zero attached hydrogens (tertiary/aromatic N) is 6. The molecular formula is C14H15FN6O. The van der Waals surface area contributed by atoms with Crippen molar-refractivity contribution in [3.05, 3.63) is 41.8 Å². The average molecular weight is 302 g/mol. The third-order valence-corrected chi connectivity index (χ3v) is 3.19. The molecular weight excluding hydrogens is 287 g/mol. The van der Waals surface area contributed by atoms with Crippen LogP contribution >= 0.6 is 0 Å². The van der Waals surface area contributed by atoms with E-state index < -0.39 is 0 Å². The van der Waals surface area contributed by atoms with Crippen LogP contribution in [0.5, 0.6) is 0 Å². The van der Waals surface area contributed by atoms with Crippen molar-refractivity contribution >= 4 is 0 Å². The number of benzene rings is 1. The molecule has 0 bridgehead atoms. The molecule has 1 aromatic carbocycles. The van der Waals surface area contributed by atoms with E-state index in [1.54, 1.807) is 12.1 Å². The van der Waals surface area contributed by atoms with E-state index in [2.05, 4.69) is 25.6 Å². The summed E-state index contributed by atoms with van der Waals surface area (Å²) in [4.78, 5) is 5.69. The SMILES string of the molecule is CC(C)c1noc(C(C)n2nnc(-c3cccc(F)c3)n2)n1. The monoisotopic (exact) mass is 302 g/mol. The van der Waals surface area contributed by atoms with Gasteiger partial charge in [-0.3, -0.25) is 0 Å². The first-order valence-electron chi connectivity index (χ1n) is 6.93. The maximum absolute atomic E-state index is 13.2. The number of hydrogen-bond donors (Lipinski definition) is 0. The first kappa shape index (κ1) is 14.3. The molecule has 0 fully saturated rings. The van der Waals surface area contributed by atoms with Gasteiger partial charge in [0.2, 0.25) is 5.82 Å². The lowest BCUT2D eigenvalue weighted by atomic mass is 10.2. The van der Waals surface area contributed by atoms with E-state index in [-0.39, 0.29) is 17.8 Å². The molecule has 0 saturated carbocycles. The van der Waals surface area contributed by atoms with Gasteiger partial charge in [-0.2, -0.15) is 9.78 Å². The zero-order valence-electron chi connectivity index (χ0n) is 12.4. The van der Waals surface area contributed by atoms with Crippen molar-refractivity contribution in [1.29, 1.82) is 0 Å². The second-order valence-corrected chi connectivity index (χ2v) is 5.27. The van der Waals surface area contributed by atoms with Gasteiger partial charge in [-0.1, -0.05) is 31.1 Å². The van der Waals surface area contributed by atoms with Crippen LogP contribution in [0, 0.1) is 5.82 Å². The van der Waals surface area contributed by atoms with Crippen molar-refractivity contribution < 1.29 is 8.91 Å². The molecule has 0 spiro atoms. The number of aromatic nitrogens is 6. The summed E-state index contributed by atoms with van der Waals surface area (Å²) < 4.78 is 18.5. The highest BCUT2D eigenvalue weighted by molar-refractivity contribution is 5.53. The highest BCUT2D eigenvalue weighted by atomic mass is 19.1. The first-order chi connectivity index (χ1) is 10.5. The van der Waals surface area contributed by atoms with Crippen LogP contribution in [0.4, 0.5) is 4.39 Å². The lowest BCUT2D eigenvalue weighted by Crippen LogP contribution is -2.11. The van der Waals surface area contributed by atoms with Gasteiger partial charge in [-0.15, -0.1) is 10.2 Å². The molecule has 0 aliphatic carbocycles. The molecule has 1 atom stereocenters. The normalized spacial score (nSPS) is 12.8. The van der Waals surface area contributed by atoms with E-state index in [4.69, 9.17) is 4.52 Å². The molecule has 0 radical (unpaired) electrons. The van der Waals surface area contributed by atoms with Crippen molar-refractivity contribution in [2.45, 2.75) is 32.7 Å². The van der Waals surface area contributed by atoms with Crippen LogP contribution in [-0.4, -0.2) is 30.3 Å². The summed E-state index contributed by atoms with van der Waals surface area (Å²) in [5.41, 5.74) is 0.562. The van der Waals surface area contributed by atoms with E-state index in [1.165, 1.54) is 16.9 Å². The molecule has 0 aliphatic rings. The van der Waals surface area contributed by atoms with Crippen LogP contribution in [0.1, 0.15) is 44.4 Å². The Labute approximate surface area is 126 Å². The molecule has 2 heterocycles. The minimum Gasteiger partial charge on any atom is -0.337 e. The third kappa shape index (κ3) is 2.72. The van der Waals surface area contributed by atoms with Crippen molar-refractivity contribution in [2.75, 3.05) is 0 Å². The van der Waals surface area contributed by atoms with Gasteiger partial charge in [0.15, 0.2) is 5.82 Å². The van der Waals surface area contributed by atoms with Crippen LogP contribution in [0.3, 0.4) is 0 Å². The third-order valence-electron chi connectivity index (χ3n) is 3.19. The Hall–Kier alpha value is -2.64. The average Bonchev–Trinajstić information content (AvgIpc) is 3.16. The largest absolute Gasteiger partial charge is 0.337 e. The molecule has 7 nitrogen and oxygen atoms in total. The van der Waals surface area contributed by atoms with Crippen LogP contribution in [-0.2, 0) is 0 Å². The van der Waals surface area contributed by atoms with E-state index in [0.717, 1.165) is 0 Å². The Balaban J connectivity index is 1.86. The van der Waals surface area contributed by atoms with Gasteiger partial charge < -0.3 is 4.52 Å². The zero-order chi connectivity index (χ0) is 15.7. The van der Waals surface area contributed by atoms with Crippen molar-refractivity contribution in [3.63, 3.8) is 0 Å². The molecule has 0 amide bonds. The van der Waals surface area contributed by atoms with Gasteiger partial charge in [-0.25, -0.2) is 4.39 Å². The second-order valence-electron chi connectivity index (χ2n) is 5.27. The molecule has 8 heteroatoms. The Bertz CT molecular complexity index is 781. The Morgan fingerprint density at radius 3 is 2.73 bits per heavy atom. The number of halogens is 1. The summed E-state index contributed by atoms with van der Waals surface area (Å²) in [5, 5.41) is 16.1. The molecule has 0 aliphatic heterocycles. The molecule has 114 valence electrons. The molecule has 0 N–H and O–H groups in total. The quantitative estimate of drug-likeness (QED) is 0.736. The van der Waals surface area contributed by atoms with Gasteiger partial charge in [0.05, 0.1) is 0 Å². The maximum atomic E-state index is 13.2. The maximum Gasteiger partial charge on any atom is 0.253 e. The molecule has 22 heavy (non-hydrogen) atoms. The van der Waals surface area contributed by atoms with Crippen molar-refractivity contribution in [1.82, 2.24) is 30.3 Å². The summed E-state index contributed by atoms with van der Waals surface area (Å²) >= 11 is 0. The molecule has 3 rings (SSSR count). The smallest absolute Gasteiger partial charge is 0.253 e. The van der Waals surface area contributed by atoms with E-state index in [1.807, 2.05) is 20.8 Å². The van der Waals surface area contributed by atoms with Crippen molar-refractivity contribution in [2.24, 2.45) is 0 Å². The van der Waals surface area contributed by atoms with Crippen LogP contribution < -0.4 is 0 Å². The Kier molecular flexibility index (Phi) is 3.66. The summed E-state index contributed by atoms with van der Waals surface area (Å²) in [6.07, 6.45) is 0. The predicted octanol–water partition coefficient (Wildman–Crippen LogP) is 2.59. The van der Waals surface area contributed by atoms with Crippen LogP contribution in [0.25, 0.3) is 11.4 Å². The lowest BCUT2D eigenvalue weighted by molar-refractivity contribution is 0.317. The minimum atomic E-state index is -0.352. The number of tetrazole rings is 1. The fourth-order valence-corrected chi connectivity index (χ4v) is 1.88. The van der Waals surface area contributed by atoms with Gasteiger partial charge in [0.1, 0.15) is 11.9 Å². The predicted molar refractivity (Wildman–Crippen MR) is 75.4 cm³/mol. The Morgan fingerprint density at radius 1 is 1.23 bits per heavy atom. The summed E-state index contributed by atoms with van der Waals surface area (Å²) in [6, 6.07) is 5.69. The van der Waals surface area contributed by atoms with Gasteiger partial charge >= 0.3 is 0 Å². The summed E-state index contributed by atoms with van der Waals surface area (Å²) in [5.74, 6) is 1.21. The zero-order valence-corrected chi connectivity index (χ0v) is 12.4. The Morgan fingerprint density at radius 2 is 2.05 bits per heavy atom. The highest BCUT2D eigenvalue weighted by Gasteiger charge is 2.20. The van der Waals surface area contributed by atoms with Gasteiger partial charge in [0.25, 0.3) is 5.89 Å². The minimum absolute atomic E-state index is 0.177. The standard InChI is InChI=1S/C14H15FN6O/c1-8(2)12-16-14(22-19-12)9(3)21-18-13(17-20-21)10-5-4-6-11(15)7-10/h4-9H,1-3H3. The number of hydrogen-bond acceptors (Lipinski definition) is 6. The second kappa shape index (κ2) is 5.63.